The lowest BCUT2D eigenvalue weighted by atomic mass is 10.2. The van der Waals surface area contributed by atoms with Gasteiger partial charge in [0.1, 0.15) is 0 Å². The highest BCUT2D eigenvalue weighted by atomic mass is 16.2. The Labute approximate surface area is 74.8 Å². The van der Waals surface area contributed by atoms with Crippen LogP contribution in [0.4, 0.5) is 0 Å². The highest BCUT2D eigenvalue weighted by Gasteiger charge is 2.16. The maximum absolute atomic E-state index is 8.63. The molecule has 0 bridgehead atoms. The molecular formula is C9H20N2O. The summed E-state index contributed by atoms with van der Waals surface area (Å²) < 4.78 is 0. The fourth-order valence-corrected chi connectivity index (χ4v) is 1.64. The van der Waals surface area contributed by atoms with Crippen LogP contribution < -0.4 is 5.32 Å². The van der Waals surface area contributed by atoms with Gasteiger partial charge >= 0.3 is 0 Å². The van der Waals surface area contributed by atoms with Crippen molar-refractivity contribution in [1.29, 1.82) is 0 Å². The zero-order valence-electron chi connectivity index (χ0n) is 7.92. The molecule has 1 atom stereocenters. The van der Waals surface area contributed by atoms with E-state index in [1.165, 1.54) is 0 Å². The summed E-state index contributed by atoms with van der Waals surface area (Å²) in [6.07, 6.45) is 2.07. The highest BCUT2D eigenvalue weighted by molar-refractivity contribution is 4.75. The summed E-state index contributed by atoms with van der Waals surface area (Å²) in [5.74, 6) is 0. The molecular weight excluding hydrogens is 152 g/mol. The second kappa shape index (κ2) is 5.51. The van der Waals surface area contributed by atoms with Gasteiger partial charge in [-0.3, -0.25) is 4.90 Å². The van der Waals surface area contributed by atoms with E-state index in [0.29, 0.717) is 12.6 Å². The summed E-state index contributed by atoms with van der Waals surface area (Å²) in [6, 6.07) is 0.664. The third-order valence-corrected chi connectivity index (χ3v) is 2.49. The normalized spacial score (nSPS) is 26.0. The molecule has 0 amide bonds. The van der Waals surface area contributed by atoms with Crippen LogP contribution in [-0.4, -0.2) is 48.8 Å². The van der Waals surface area contributed by atoms with E-state index in [9.17, 15) is 0 Å². The number of nitrogens with zero attached hydrogens (tertiary/aromatic N) is 1. The smallest absolute Gasteiger partial charge is 0.0431 e. The average Bonchev–Trinajstić information content (AvgIpc) is 2.09. The van der Waals surface area contributed by atoms with Gasteiger partial charge in [-0.15, -0.1) is 0 Å². The maximum atomic E-state index is 8.63. The zero-order chi connectivity index (χ0) is 8.81. The van der Waals surface area contributed by atoms with E-state index in [1.54, 1.807) is 0 Å². The van der Waals surface area contributed by atoms with Gasteiger partial charge in [0.05, 0.1) is 0 Å². The minimum atomic E-state index is 0.334. The van der Waals surface area contributed by atoms with Crippen LogP contribution in [0.3, 0.4) is 0 Å². The van der Waals surface area contributed by atoms with Crippen molar-refractivity contribution in [3.8, 4) is 0 Å². The number of piperazine rings is 1. The Hall–Kier alpha value is -0.120. The molecule has 1 fully saturated rings. The summed E-state index contributed by atoms with van der Waals surface area (Å²) in [5.41, 5.74) is 0. The monoisotopic (exact) mass is 172 g/mol. The summed E-state index contributed by atoms with van der Waals surface area (Å²) in [4.78, 5) is 2.49. The molecule has 1 aliphatic heterocycles. The molecule has 1 saturated heterocycles. The molecule has 1 rings (SSSR count). The van der Waals surface area contributed by atoms with Gasteiger partial charge in [0, 0.05) is 32.3 Å². The van der Waals surface area contributed by atoms with Gasteiger partial charge in [-0.25, -0.2) is 0 Å². The minimum absolute atomic E-state index is 0.334. The standard InChI is InChI=1S/C9H20N2O/c1-9-8-10-4-6-11(9)5-2-3-7-12/h9-10,12H,2-8H2,1H3/t9-/m1/s1. The maximum Gasteiger partial charge on any atom is 0.0431 e. The van der Waals surface area contributed by atoms with E-state index < -0.39 is 0 Å². The van der Waals surface area contributed by atoms with E-state index in [2.05, 4.69) is 17.1 Å². The first-order valence-electron chi connectivity index (χ1n) is 4.90. The first-order chi connectivity index (χ1) is 5.84. The Morgan fingerprint density at radius 3 is 3.00 bits per heavy atom. The molecule has 0 aromatic rings. The number of aliphatic hydroxyl groups excluding tert-OH is 1. The molecule has 2 N–H and O–H groups in total. The van der Waals surface area contributed by atoms with Gasteiger partial charge in [0.15, 0.2) is 0 Å². The van der Waals surface area contributed by atoms with Crippen molar-refractivity contribution < 1.29 is 5.11 Å². The summed E-state index contributed by atoms with van der Waals surface area (Å²) in [6.45, 7) is 7.12. The average molecular weight is 172 g/mol. The molecule has 0 aromatic carbocycles. The van der Waals surface area contributed by atoms with Crippen molar-refractivity contribution in [2.45, 2.75) is 25.8 Å². The largest absolute Gasteiger partial charge is 0.396 e. The van der Waals surface area contributed by atoms with Gasteiger partial charge in [-0.2, -0.15) is 0 Å². The summed E-state index contributed by atoms with van der Waals surface area (Å²) in [5, 5.41) is 12.0. The van der Waals surface area contributed by atoms with E-state index in [-0.39, 0.29) is 0 Å². The molecule has 3 nitrogen and oxygen atoms in total. The van der Waals surface area contributed by atoms with Crippen LogP contribution in [0.25, 0.3) is 0 Å². The van der Waals surface area contributed by atoms with Gasteiger partial charge in [-0.05, 0) is 26.3 Å². The molecule has 12 heavy (non-hydrogen) atoms. The van der Waals surface area contributed by atoms with Gasteiger partial charge in [-0.1, -0.05) is 0 Å². The summed E-state index contributed by atoms with van der Waals surface area (Å²) >= 11 is 0. The van der Waals surface area contributed by atoms with Crippen LogP contribution >= 0.6 is 0 Å². The van der Waals surface area contributed by atoms with Gasteiger partial charge < -0.3 is 10.4 Å². The van der Waals surface area contributed by atoms with Crippen molar-refractivity contribution in [3.05, 3.63) is 0 Å². The second-order valence-corrected chi connectivity index (χ2v) is 3.52. The number of rotatable bonds is 4. The third-order valence-electron chi connectivity index (χ3n) is 2.49. The first kappa shape index (κ1) is 9.96. The molecule has 0 aliphatic carbocycles. The molecule has 1 heterocycles. The zero-order valence-corrected chi connectivity index (χ0v) is 7.92. The number of unbranched alkanes of at least 4 members (excludes halogenated alkanes) is 1. The minimum Gasteiger partial charge on any atom is -0.396 e. The molecule has 72 valence electrons. The first-order valence-corrected chi connectivity index (χ1v) is 4.90. The Bertz CT molecular complexity index is 119. The number of aliphatic hydroxyl groups is 1. The van der Waals surface area contributed by atoms with Crippen LogP contribution in [0.1, 0.15) is 19.8 Å². The fraction of sp³-hybridized carbons (Fsp3) is 1.00. The third kappa shape index (κ3) is 3.09. The van der Waals surface area contributed by atoms with Crippen LogP contribution in [-0.2, 0) is 0 Å². The molecule has 0 spiro atoms. The quantitative estimate of drug-likeness (QED) is 0.588. The number of hydrogen-bond acceptors (Lipinski definition) is 3. The fourth-order valence-electron chi connectivity index (χ4n) is 1.64. The molecule has 3 heteroatoms. The van der Waals surface area contributed by atoms with Crippen LogP contribution in [0.15, 0.2) is 0 Å². The van der Waals surface area contributed by atoms with E-state index in [0.717, 1.165) is 39.0 Å². The van der Waals surface area contributed by atoms with Crippen molar-refractivity contribution >= 4 is 0 Å². The van der Waals surface area contributed by atoms with Crippen molar-refractivity contribution in [3.63, 3.8) is 0 Å². The molecule has 0 aromatic heterocycles. The van der Waals surface area contributed by atoms with Gasteiger partial charge in [0.2, 0.25) is 0 Å². The highest BCUT2D eigenvalue weighted by Crippen LogP contribution is 2.03. The van der Waals surface area contributed by atoms with Crippen molar-refractivity contribution in [2.24, 2.45) is 0 Å². The van der Waals surface area contributed by atoms with E-state index >= 15 is 0 Å². The van der Waals surface area contributed by atoms with Crippen LogP contribution in [0, 0.1) is 0 Å². The van der Waals surface area contributed by atoms with E-state index in [1.807, 2.05) is 0 Å². The van der Waals surface area contributed by atoms with Crippen molar-refractivity contribution in [2.75, 3.05) is 32.8 Å². The molecule has 0 radical (unpaired) electrons. The lowest BCUT2D eigenvalue weighted by Crippen LogP contribution is -2.49. The van der Waals surface area contributed by atoms with Crippen LogP contribution in [0.5, 0.6) is 0 Å². The van der Waals surface area contributed by atoms with Gasteiger partial charge in [0.25, 0.3) is 0 Å². The lowest BCUT2D eigenvalue weighted by molar-refractivity contribution is 0.165. The summed E-state index contributed by atoms with van der Waals surface area (Å²) in [7, 11) is 0. The molecule has 0 unspecified atom stereocenters. The molecule has 0 saturated carbocycles. The Balaban J connectivity index is 2.11. The van der Waals surface area contributed by atoms with Crippen molar-refractivity contribution in [1.82, 2.24) is 10.2 Å². The Morgan fingerprint density at radius 2 is 2.33 bits per heavy atom. The Morgan fingerprint density at radius 1 is 1.50 bits per heavy atom. The second-order valence-electron chi connectivity index (χ2n) is 3.52. The van der Waals surface area contributed by atoms with Crippen LogP contribution in [0.2, 0.25) is 0 Å². The predicted octanol–water partition coefficient (Wildman–Crippen LogP) is 0.0526. The van der Waals surface area contributed by atoms with E-state index in [4.69, 9.17) is 5.11 Å². The Kier molecular flexibility index (Phi) is 4.58. The topological polar surface area (TPSA) is 35.5 Å². The lowest BCUT2D eigenvalue weighted by Gasteiger charge is -2.33. The predicted molar refractivity (Wildman–Crippen MR) is 50.2 cm³/mol. The number of nitrogens with one attached hydrogen (secondary N) is 1. The number of hydrogen-bond donors (Lipinski definition) is 2. The molecule has 1 aliphatic rings. The SMILES string of the molecule is C[C@@H]1CNCCN1CCCCO.